The van der Waals surface area contributed by atoms with Gasteiger partial charge < -0.3 is 10.6 Å². The first kappa shape index (κ1) is 11.1. The molecule has 4 heteroatoms. The molecule has 1 aromatic heterocycles. The Kier molecular flexibility index (Phi) is 3.19. The van der Waals surface area contributed by atoms with E-state index in [0.29, 0.717) is 18.0 Å². The van der Waals surface area contributed by atoms with Crippen molar-refractivity contribution in [3.05, 3.63) is 29.6 Å². The van der Waals surface area contributed by atoms with Gasteiger partial charge in [-0.1, -0.05) is 0 Å². The van der Waals surface area contributed by atoms with Crippen molar-refractivity contribution in [2.24, 2.45) is 11.7 Å². The van der Waals surface area contributed by atoms with Crippen molar-refractivity contribution in [2.45, 2.75) is 13.3 Å². The topological polar surface area (TPSA) is 59.2 Å². The number of hydrogen-bond acceptors (Lipinski definition) is 3. The number of carbonyl (C=O) groups excluding carboxylic acids is 1. The average molecular weight is 219 g/mol. The quantitative estimate of drug-likeness (QED) is 0.800. The van der Waals surface area contributed by atoms with Gasteiger partial charge in [-0.3, -0.25) is 9.78 Å². The Morgan fingerprint density at radius 1 is 1.62 bits per heavy atom. The molecule has 1 aliphatic heterocycles. The number of hydrogen-bond donors (Lipinski definition) is 1. The lowest BCUT2D eigenvalue weighted by molar-refractivity contribution is 0.0787. The van der Waals surface area contributed by atoms with Crippen LogP contribution >= 0.6 is 0 Å². The zero-order chi connectivity index (χ0) is 11.5. The maximum atomic E-state index is 12.1. The second-order valence-corrected chi connectivity index (χ2v) is 4.33. The molecule has 1 amide bonds. The summed E-state index contributed by atoms with van der Waals surface area (Å²) in [6, 6.07) is 3.70. The zero-order valence-electron chi connectivity index (χ0n) is 9.52. The molecule has 0 aliphatic carbocycles. The molecular formula is C12H17N3O. The van der Waals surface area contributed by atoms with Gasteiger partial charge in [0.2, 0.25) is 0 Å². The third-order valence-electron chi connectivity index (χ3n) is 3.06. The fraction of sp³-hybridized carbons (Fsp3) is 0.500. The van der Waals surface area contributed by atoms with Gasteiger partial charge in [0.25, 0.3) is 5.91 Å². The van der Waals surface area contributed by atoms with Gasteiger partial charge in [-0.2, -0.15) is 0 Å². The predicted molar refractivity (Wildman–Crippen MR) is 62.0 cm³/mol. The van der Waals surface area contributed by atoms with Crippen LogP contribution in [0.2, 0.25) is 0 Å². The Labute approximate surface area is 95.5 Å². The number of amides is 1. The van der Waals surface area contributed by atoms with E-state index in [1.54, 1.807) is 6.20 Å². The van der Waals surface area contributed by atoms with Crippen LogP contribution in [-0.2, 0) is 0 Å². The van der Waals surface area contributed by atoms with Crippen LogP contribution in [-0.4, -0.2) is 35.4 Å². The highest BCUT2D eigenvalue weighted by Crippen LogP contribution is 2.17. The third kappa shape index (κ3) is 2.22. The van der Waals surface area contributed by atoms with Crippen molar-refractivity contribution < 1.29 is 4.79 Å². The van der Waals surface area contributed by atoms with Gasteiger partial charge in [0, 0.05) is 25.0 Å². The molecule has 0 saturated carbocycles. The fourth-order valence-electron chi connectivity index (χ4n) is 1.99. The van der Waals surface area contributed by atoms with E-state index in [4.69, 9.17) is 5.73 Å². The Balaban J connectivity index is 2.05. The van der Waals surface area contributed by atoms with Crippen LogP contribution in [0.1, 0.15) is 22.5 Å². The number of rotatable bonds is 2. The van der Waals surface area contributed by atoms with Crippen LogP contribution < -0.4 is 5.73 Å². The van der Waals surface area contributed by atoms with Gasteiger partial charge in [0.05, 0.1) is 5.56 Å². The summed E-state index contributed by atoms with van der Waals surface area (Å²) in [4.78, 5) is 18.1. The number of pyridine rings is 1. The highest BCUT2D eigenvalue weighted by Gasteiger charge is 2.25. The van der Waals surface area contributed by atoms with Gasteiger partial charge in [-0.15, -0.1) is 0 Å². The molecule has 0 radical (unpaired) electrons. The lowest BCUT2D eigenvalue weighted by Crippen LogP contribution is -2.29. The predicted octanol–water partition coefficient (Wildman–Crippen LogP) is 0.811. The smallest absolute Gasteiger partial charge is 0.255 e. The Bertz CT molecular complexity index is 374. The lowest BCUT2D eigenvalue weighted by Gasteiger charge is -2.16. The Morgan fingerprint density at radius 3 is 3.00 bits per heavy atom. The highest BCUT2D eigenvalue weighted by molar-refractivity contribution is 5.94. The van der Waals surface area contributed by atoms with E-state index in [0.717, 1.165) is 25.2 Å². The van der Waals surface area contributed by atoms with E-state index in [1.807, 2.05) is 24.0 Å². The Morgan fingerprint density at radius 2 is 2.44 bits per heavy atom. The number of aromatic nitrogens is 1. The van der Waals surface area contributed by atoms with Crippen LogP contribution in [0.15, 0.2) is 18.3 Å². The van der Waals surface area contributed by atoms with Crippen molar-refractivity contribution >= 4 is 5.91 Å². The summed E-state index contributed by atoms with van der Waals surface area (Å²) < 4.78 is 0. The van der Waals surface area contributed by atoms with Crippen LogP contribution in [0.25, 0.3) is 0 Å². The molecular weight excluding hydrogens is 202 g/mol. The first-order valence-electron chi connectivity index (χ1n) is 5.62. The van der Waals surface area contributed by atoms with Crippen LogP contribution in [0, 0.1) is 12.8 Å². The molecule has 0 spiro atoms. The van der Waals surface area contributed by atoms with Gasteiger partial charge in [-0.05, 0) is 37.9 Å². The van der Waals surface area contributed by atoms with Gasteiger partial charge in [0.15, 0.2) is 0 Å². The highest BCUT2D eigenvalue weighted by atomic mass is 16.2. The molecule has 0 aromatic carbocycles. The largest absolute Gasteiger partial charge is 0.338 e. The number of aryl methyl sites for hydroxylation is 1. The molecule has 1 aromatic rings. The van der Waals surface area contributed by atoms with E-state index in [1.165, 1.54) is 0 Å². The number of likely N-dealkylation sites (tertiary alicyclic amines) is 1. The second-order valence-electron chi connectivity index (χ2n) is 4.33. The van der Waals surface area contributed by atoms with Gasteiger partial charge in [-0.25, -0.2) is 0 Å². The van der Waals surface area contributed by atoms with Gasteiger partial charge >= 0.3 is 0 Å². The molecule has 1 unspecified atom stereocenters. The summed E-state index contributed by atoms with van der Waals surface area (Å²) in [5.74, 6) is 0.533. The van der Waals surface area contributed by atoms with Gasteiger partial charge in [0.1, 0.15) is 0 Å². The normalized spacial score (nSPS) is 20.1. The molecule has 0 bridgehead atoms. The van der Waals surface area contributed by atoms with Crippen molar-refractivity contribution in [2.75, 3.05) is 19.6 Å². The van der Waals surface area contributed by atoms with Crippen LogP contribution in [0.5, 0.6) is 0 Å². The molecule has 1 aliphatic rings. The van der Waals surface area contributed by atoms with E-state index in [9.17, 15) is 4.79 Å². The fourth-order valence-corrected chi connectivity index (χ4v) is 1.99. The molecule has 2 rings (SSSR count). The molecule has 1 fully saturated rings. The molecule has 86 valence electrons. The molecule has 2 N–H and O–H groups in total. The SMILES string of the molecule is Cc1ccc(C(=O)N2CCC(CN)C2)cn1. The molecule has 1 atom stereocenters. The van der Waals surface area contributed by atoms with Crippen molar-refractivity contribution in [3.63, 3.8) is 0 Å². The van der Waals surface area contributed by atoms with Crippen molar-refractivity contribution in [3.8, 4) is 0 Å². The van der Waals surface area contributed by atoms with E-state index in [2.05, 4.69) is 4.98 Å². The standard InChI is InChI=1S/C12H17N3O/c1-9-2-3-11(7-14-9)12(16)15-5-4-10(6-13)8-15/h2-3,7,10H,4-6,8,13H2,1H3. The summed E-state index contributed by atoms with van der Waals surface area (Å²) in [5, 5.41) is 0. The van der Waals surface area contributed by atoms with E-state index < -0.39 is 0 Å². The number of carbonyl (C=O) groups is 1. The number of nitrogens with zero attached hydrogens (tertiary/aromatic N) is 2. The summed E-state index contributed by atoms with van der Waals surface area (Å²) >= 11 is 0. The maximum absolute atomic E-state index is 12.1. The van der Waals surface area contributed by atoms with Crippen molar-refractivity contribution in [1.29, 1.82) is 0 Å². The monoisotopic (exact) mass is 219 g/mol. The van der Waals surface area contributed by atoms with Crippen LogP contribution in [0.3, 0.4) is 0 Å². The summed E-state index contributed by atoms with van der Waals surface area (Å²) in [5.41, 5.74) is 7.20. The average Bonchev–Trinajstić information content (AvgIpc) is 2.77. The summed E-state index contributed by atoms with van der Waals surface area (Å²) in [6.07, 6.45) is 2.66. The molecule has 1 saturated heterocycles. The first-order chi connectivity index (χ1) is 7.70. The minimum absolute atomic E-state index is 0.0726. The Hall–Kier alpha value is -1.42. The number of nitrogens with two attached hydrogens (primary N) is 1. The van der Waals surface area contributed by atoms with Crippen LogP contribution in [0.4, 0.5) is 0 Å². The van der Waals surface area contributed by atoms with E-state index >= 15 is 0 Å². The lowest BCUT2D eigenvalue weighted by atomic mass is 10.1. The second kappa shape index (κ2) is 4.61. The summed E-state index contributed by atoms with van der Waals surface area (Å²) in [7, 11) is 0. The summed E-state index contributed by atoms with van der Waals surface area (Å²) in [6.45, 7) is 4.17. The third-order valence-corrected chi connectivity index (χ3v) is 3.06. The minimum Gasteiger partial charge on any atom is -0.338 e. The molecule has 16 heavy (non-hydrogen) atoms. The maximum Gasteiger partial charge on any atom is 0.255 e. The molecule has 4 nitrogen and oxygen atoms in total. The minimum atomic E-state index is 0.0726. The molecule has 2 heterocycles. The van der Waals surface area contributed by atoms with Crippen molar-refractivity contribution in [1.82, 2.24) is 9.88 Å². The first-order valence-corrected chi connectivity index (χ1v) is 5.62. The van der Waals surface area contributed by atoms with E-state index in [-0.39, 0.29) is 5.91 Å². The zero-order valence-corrected chi connectivity index (χ0v) is 9.52.